The molecular formula is C15H25NO2. The Morgan fingerprint density at radius 1 is 1.22 bits per heavy atom. The summed E-state index contributed by atoms with van der Waals surface area (Å²) >= 11 is 0. The Kier molecular flexibility index (Phi) is 3.60. The van der Waals surface area contributed by atoms with E-state index in [0.717, 1.165) is 39.1 Å². The molecule has 0 bridgehead atoms. The maximum Gasteiger partial charge on any atom is 0.222 e. The summed E-state index contributed by atoms with van der Waals surface area (Å²) in [5, 5.41) is 0. The fraction of sp³-hybridized carbons (Fsp3) is 0.933. The lowest BCUT2D eigenvalue weighted by molar-refractivity contribution is -0.132. The van der Waals surface area contributed by atoms with Gasteiger partial charge in [0, 0.05) is 32.7 Å². The molecule has 1 saturated carbocycles. The quantitative estimate of drug-likeness (QED) is 0.755. The first-order chi connectivity index (χ1) is 8.77. The van der Waals surface area contributed by atoms with Crippen LogP contribution in [0.4, 0.5) is 0 Å². The molecule has 2 aliphatic heterocycles. The zero-order chi connectivity index (χ0) is 12.4. The predicted molar refractivity (Wildman–Crippen MR) is 70.3 cm³/mol. The molecule has 3 rings (SSSR count). The van der Waals surface area contributed by atoms with E-state index in [4.69, 9.17) is 4.74 Å². The molecule has 1 atom stereocenters. The number of hydrogen-bond donors (Lipinski definition) is 0. The molecule has 3 aliphatic rings. The largest absolute Gasteiger partial charge is 0.381 e. The zero-order valence-corrected chi connectivity index (χ0v) is 11.3. The normalized spacial score (nSPS) is 31.1. The second-order valence-corrected chi connectivity index (χ2v) is 6.56. The molecule has 18 heavy (non-hydrogen) atoms. The molecule has 0 aromatic heterocycles. The molecule has 0 aromatic rings. The second kappa shape index (κ2) is 5.20. The van der Waals surface area contributed by atoms with Crippen molar-refractivity contribution in [2.24, 2.45) is 11.3 Å². The maximum absolute atomic E-state index is 12.3. The third-order valence-corrected chi connectivity index (χ3v) is 5.17. The van der Waals surface area contributed by atoms with Crippen LogP contribution in [0.2, 0.25) is 0 Å². The number of ether oxygens (including phenoxy) is 1. The summed E-state index contributed by atoms with van der Waals surface area (Å²) in [7, 11) is 0. The van der Waals surface area contributed by atoms with Crippen LogP contribution in [0.15, 0.2) is 0 Å². The first-order valence-electron chi connectivity index (χ1n) is 7.63. The lowest BCUT2D eigenvalue weighted by atomic mass is 9.86. The van der Waals surface area contributed by atoms with Crippen molar-refractivity contribution in [3.8, 4) is 0 Å². The lowest BCUT2D eigenvalue weighted by Gasteiger charge is -2.26. The van der Waals surface area contributed by atoms with Gasteiger partial charge in [-0.1, -0.05) is 12.8 Å². The van der Waals surface area contributed by atoms with Crippen molar-refractivity contribution in [2.75, 3.05) is 26.3 Å². The van der Waals surface area contributed by atoms with Gasteiger partial charge < -0.3 is 9.64 Å². The number of hydrogen-bond acceptors (Lipinski definition) is 2. The molecule has 3 nitrogen and oxygen atoms in total. The van der Waals surface area contributed by atoms with E-state index >= 15 is 0 Å². The molecule has 1 aliphatic carbocycles. The van der Waals surface area contributed by atoms with Crippen LogP contribution < -0.4 is 0 Å². The van der Waals surface area contributed by atoms with E-state index in [1.54, 1.807) is 0 Å². The van der Waals surface area contributed by atoms with Gasteiger partial charge in [0.05, 0.1) is 0 Å². The molecule has 3 fully saturated rings. The van der Waals surface area contributed by atoms with Gasteiger partial charge in [-0.05, 0) is 43.4 Å². The number of likely N-dealkylation sites (tertiary alicyclic amines) is 1. The molecule has 0 N–H and O–H groups in total. The second-order valence-electron chi connectivity index (χ2n) is 6.56. The van der Waals surface area contributed by atoms with E-state index in [-0.39, 0.29) is 0 Å². The van der Waals surface area contributed by atoms with Crippen molar-refractivity contribution in [1.29, 1.82) is 0 Å². The fourth-order valence-electron chi connectivity index (χ4n) is 4.03. The summed E-state index contributed by atoms with van der Waals surface area (Å²) in [6.07, 6.45) is 9.71. The van der Waals surface area contributed by atoms with Gasteiger partial charge in [-0.2, -0.15) is 0 Å². The third kappa shape index (κ3) is 2.56. The standard InChI is InChI=1S/C15H25NO2/c17-14(10-13-4-3-9-18-11-13)16-8-7-15(12-16)5-1-2-6-15/h13H,1-12H2/t13-/m1/s1. The average molecular weight is 251 g/mol. The van der Waals surface area contributed by atoms with E-state index in [2.05, 4.69) is 4.90 Å². The van der Waals surface area contributed by atoms with E-state index < -0.39 is 0 Å². The topological polar surface area (TPSA) is 29.5 Å². The van der Waals surface area contributed by atoms with Crippen LogP contribution in [-0.2, 0) is 9.53 Å². The van der Waals surface area contributed by atoms with Gasteiger partial charge in [0.15, 0.2) is 0 Å². The monoisotopic (exact) mass is 251 g/mol. The summed E-state index contributed by atoms with van der Waals surface area (Å²) < 4.78 is 5.47. The van der Waals surface area contributed by atoms with Crippen LogP contribution >= 0.6 is 0 Å². The molecule has 0 unspecified atom stereocenters. The van der Waals surface area contributed by atoms with Crippen LogP contribution in [0.1, 0.15) is 51.4 Å². The van der Waals surface area contributed by atoms with Gasteiger partial charge in [0.1, 0.15) is 0 Å². The summed E-state index contributed by atoms with van der Waals surface area (Å²) in [5.74, 6) is 0.862. The fourth-order valence-corrected chi connectivity index (χ4v) is 4.03. The first kappa shape index (κ1) is 12.5. The Balaban J connectivity index is 1.50. The van der Waals surface area contributed by atoms with Crippen molar-refractivity contribution in [1.82, 2.24) is 4.90 Å². The molecule has 1 amide bonds. The third-order valence-electron chi connectivity index (χ3n) is 5.17. The van der Waals surface area contributed by atoms with Crippen molar-refractivity contribution < 1.29 is 9.53 Å². The minimum absolute atomic E-state index is 0.384. The number of amides is 1. The van der Waals surface area contributed by atoms with Crippen LogP contribution in [0.3, 0.4) is 0 Å². The van der Waals surface area contributed by atoms with Gasteiger partial charge in [0.2, 0.25) is 5.91 Å². The van der Waals surface area contributed by atoms with Gasteiger partial charge in [0.25, 0.3) is 0 Å². The summed E-state index contributed by atoms with van der Waals surface area (Å²) in [4.78, 5) is 14.5. The number of carbonyl (C=O) groups excluding carboxylic acids is 1. The Morgan fingerprint density at radius 3 is 2.78 bits per heavy atom. The van der Waals surface area contributed by atoms with Crippen LogP contribution in [0.5, 0.6) is 0 Å². The van der Waals surface area contributed by atoms with Crippen LogP contribution in [-0.4, -0.2) is 37.1 Å². The van der Waals surface area contributed by atoms with Gasteiger partial charge in [-0.15, -0.1) is 0 Å². The zero-order valence-electron chi connectivity index (χ0n) is 11.3. The molecule has 0 radical (unpaired) electrons. The van der Waals surface area contributed by atoms with Crippen molar-refractivity contribution >= 4 is 5.91 Å². The maximum atomic E-state index is 12.3. The Morgan fingerprint density at radius 2 is 2.06 bits per heavy atom. The smallest absolute Gasteiger partial charge is 0.222 e. The minimum Gasteiger partial charge on any atom is -0.381 e. The van der Waals surface area contributed by atoms with Gasteiger partial charge in [-0.25, -0.2) is 0 Å². The minimum atomic E-state index is 0.384. The Labute approximate surface area is 110 Å². The van der Waals surface area contributed by atoms with Gasteiger partial charge in [-0.3, -0.25) is 4.79 Å². The highest BCUT2D eigenvalue weighted by Gasteiger charge is 2.41. The number of carbonyl (C=O) groups is 1. The molecule has 1 spiro atoms. The van der Waals surface area contributed by atoms with E-state index in [1.807, 2.05) is 0 Å². The molecule has 3 heteroatoms. The lowest BCUT2D eigenvalue weighted by Crippen LogP contribution is -2.33. The molecular weight excluding hydrogens is 226 g/mol. The van der Waals surface area contributed by atoms with Crippen LogP contribution in [0.25, 0.3) is 0 Å². The predicted octanol–water partition coefficient (Wildman–Crippen LogP) is 2.60. The molecule has 2 heterocycles. The van der Waals surface area contributed by atoms with Crippen molar-refractivity contribution in [3.63, 3.8) is 0 Å². The van der Waals surface area contributed by atoms with Crippen molar-refractivity contribution in [3.05, 3.63) is 0 Å². The Hall–Kier alpha value is -0.570. The summed E-state index contributed by atoms with van der Waals surface area (Å²) in [5.41, 5.74) is 0.513. The average Bonchev–Trinajstić information content (AvgIpc) is 3.02. The van der Waals surface area contributed by atoms with E-state index in [0.29, 0.717) is 17.2 Å². The van der Waals surface area contributed by atoms with Crippen molar-refractivity contribution in [2.45, 2.75) is 51.4 Å². The molecule has 2 saturated heterocycles. The SMILES string of the molecule is O=C(C[C@H]1CCCOC1)N1CCC2(CCCC2)C1. The van der Waals surface area contributed by atoms with E-state index in [9.17, 15) is 4.79 Å². The highest BCUT2D eigenvalue weighted by Crippen LogP contribution is 2.45. The summed E-state index contributed by atoms with van der Waals surface area (Å²) in [6.45, 7) is 3.73. The Bertz CT molecular complexity index is 304. The first-order valence-corrected chi connectivity index (χ1v) is 7.63. The van der Waals surface area contributed by atoms with Crippen LogP contribution in [0, 0.1) is 11.3 Å². The number of nitrogens with zero attached hydrogens (tertiary/aromatic N) is 1. The number of rotatable bonds is 2. The molecule has 0 aromatic carbocycles. The summed E-state index contributed by atoms with van der Waals surface area (Å²) in [6, 6.07) is 0. The molecule has 102 valence electrons. The van der Waals surface area contributed by atoms with Gasteiger partial charge >= 0.3 is 0 Å². The highest BCUT2D eigenvalue weighted by molar-refractivity contribution is 5.76. The highest BCUT2D eigenvalue weighted by atomic mass is 16.5. The van der Waals surface area contributed by atoms with E-state index in [1.165, 1.54) is 38.5 Å².